The van der Waals surface area contributed by atoms with E-state index in [0.717, 1.165) is 0 Å². The highest BCUT2D eigenvalue weighted by Crippen LogP contribution is 2.29. The summed E-state index contributed by atoms with van der Waals surface area (Å²) in [6.07, 6.45) is 0.568. The second kappa shape index (κ2) is 5.27. The number of Topliss-reactive ketones (excluding diaryl/α,β-unsaturated/α-hetero) is 1. The van der Waals surface area contributed by atoms with Gasteiger partial charge >= 0.3 is 0 Å². The van der Waals surface area contributed by atoms with E-state index in [-0.39, 0.29) is 23.6 Å². The summed E-state index contributed by atoms with van der Waals surface area (Å²) in [6.45, 7) is 3.80. The van der Waals surface area contributed by atoms with E-state index in [1.165, 1.54) is 19.2 Å². The van der Waals surface area contributed by atoms with E-state index in [1.54, 1.807) is 13.0 Å². The number of carbonyl (C=O) groups is 1. The molecule has 3 nitrogen and oxygen atoms in total. The van der Waals surface area contributed by atoms with Crippen molar-refractivity contribution in [2.75, 3.05) is 13.7 Å². The highest BCUT2D eigenvalue weighted by molar-refractivity contribution is 6.01. The van der Waals surface area contributed by atoms with Gasteiger partial charge in [-0.1, -0.05) is 19.9 Å². The summed E-state index contributed by atoms with van der Waals surface area (Å²) in [5.41, 5.74) is 4.91. The van der Waals surface area contributed by atoms with Gasteiger partial charge in [0.2, 0.25) is 0 Å². The number of nitrogens with two attached hydrogens (primary N) is 1. The van der Waals surface area contributed by atoms with E-state index in [0.29, 0.717) is 6.42 Å². The van der Waals surface area contributed by atoms with Crippen molar-refractivity contribution in [3.05, 3.63) is 29.6 Å². The molecular weight excluding hydrogens is 221 g/mol. The molecule has 1 aromatic carbocycles. The third-order valence-corrected chi connectivity index (χ3v) is 3.21. The van der Waals surface area contributed by atoms with Crippen LogP contribution in [0.4, 0.5) is 4.39 Å². The minimum atomic E-state index is -0.729. The second-order valence-corrected chi connectivity index (χ2v) is 4.27. The number of benzene rings is 1. The van der Waals surface area contributed by atoms with Crippen LogP contribution in [0.3, 0.4) is 0 Å². The second-order valence-electron chi connectivity index (χ2n) is 4.27. The van der Waals surface area contributed by atoms with Gasteiger partial charge in [0, 0.05) is 12.0 Å². The van der Waals surface area contributed by atoms with Crippen molar-refractivity contribution in [2.24, 2.45) is 11.1 Å². The Hall–Kier alpha value is -1.42. The molecule has 0 saturated heterocycles. The lowest BCUT2D eigenvalue weighted by Crippen LogP contribution is -2.35. The number of methoxy groups -OCH3 is 1. The molecule has 0 radical (unpaired) electrons. The summed E-state index contributed by atoms with van der Waals surface area (Å²) in [7, 11) is 1.37. The standard InChI is InChI=1S/C13H18FNO2/c1-4-13(2,8-15)12(16)9-6-5-7-10(17-3)11(9)14/h5-7H,4,8,15H2,1-3H3. The lowest BCUT2D eigenvalue weighted by molar-refractivity contribution is 0.0815. The van der Waals surface area contributed by atoms with Crippen molar-refractivity contribution < 1.29 is 13.9 Å². The van der Waals surface area contributed by atoms with Crippen molar-refractivity contribution in [3.63, 3.8) is 0 Å². The third kappa shape index (κ3) is 2.47. The Labute approximate surface area is 101 Å². The number of carbonyl (C=O) groups excluding carboxylic acids is 1. The smallest absolute Gasteiger partial charge is 0.175 e. The average Bonchev–Trinajstić information content (AvgIpc) is 2.37. The summed E-state index contributed by atoms with van der Waals surface area (Å²) >= 11 is 0. The zero-order valence-corrected chi connectivity index (χ0v) is 10.4. The molecule has 4 heteroatoms. The van der Waals surface area contributed by atoms with Gasteiger partial charge in [-0.3, -0.25) is 4.79 Å². The lowest BCUT2D eigenvalue weighted by Gasteiger charge is -2.25. The summed E-state index contributed by atoms with van der Waals surface area (Å²) in [5.74, 6) is -0.821. The van der Waals surface area contributed by atoms with Crippen molar-refractivity contribution in [1.29, 1.82) is 0 Å². The molecule has 0 aromatic heterocycles. The first-order valence-corrected chi connectivity index (χ1v) is 5.57. The predicted molar refractivity (Wildman–Crippen MR) is 64.7 cm³/mol. The summed E-state index contributed by atoms with van der Waals surface area (Å²) in [4.78, 5) is 12.2. The molecule has 1 unspecified atom stereocenters. The predicted octanol–water partition coefficient (Wildman–Crippen LogP) is 2.39. The van der Waals surface area contributed by atoms with Crippen LogP contribution in [0, 0.1) is 11.2 Å². The van der Waals surface area contributed by atoms with E-state index in [1.807, 2.05) is 6.92 Å². The van der Waals surface area contributed by atoms with Crippen LogP contribution in [0.5, 0.6) is 5.75 Å². The maximum atomic E-state index is 13.9. The first-order valence-electron chi connectivity index (χ1n) is 5.57. The Morgan fingerprint density at radius 2 is 2.18 bits per heavy atom. The molecule has 0 fully saturated rings. The molecule has 2 N–H and O–H groups in total. The quantitative estimate of drug-likeness (QED) is 0.803. The molecule has 17 heavy (non-hydrogen) atoms. The van der Waals surface area contributed by atoms with Crippen molar-refractivity contribution >= 4 is 5.78 Å². The molecule has 0 aliphatic rings. The number of rotatable bonds is 5. The van der Waals surface area contributed by atoms with Crippen LogP contribution in [0.1, 0.15) is 30.6 Å². The van der Waals surface area contributed by atoms with Crippen molar-refractivity contribution in [3.8, 4) is 5.75 Å². The fourth-order valence-corrected chi connectivity index (χ4v) is 1.57. The van der Waals surface area contributed by atoms with E-state index in [4.69, 9.17) is 10.5 Å². The largest absolute Gasteiger partial charge is 0.494 e. The maximum Gasteiger partial charge on any atom is 0.175 e. The van der Waals surface area contributed by atoms with E-state index in [2.05, 4.69) is 0 Å². The first kappa shape index (κ1) is 13.6. The molecule has 0 aliphatic carbocycles. The highest BCUT2D eigenvalue weighted by atomic mass is 19.1. The average molecular weight is 239 g/mol. The molecule has 0 bridgehead atoms. The van der Waals surface area contributed by atoms with Gasteiger partial charge in [0.05, 0.1) is 12.7 Å². The zero-order valence-electron chi connectivity index (χ0n) is 10.4. The molecule has 0 heterocycles. The highest BCUT2D eigenvalue weighted by Gasteiger charge is 2.32. The van der Waals surface area contributed by atoms with E-state index >= 15 is 0 Å². The van der Waals surface area contributed by atoms with E-state index in [9.17, 15) is 9.18 Å². The molecule has 0 aliphatic heterocycles. The Kier molecular flexibility index (Phi) is 4.23. The van der Waals surface area contributed by atoms with Crippen LogP contribution in [-0.4, -0.2) is 19.4 Å². The van der Waals surface area contributed by atoms with Gasteiger partial charge in [0.1, 0.15) is 0 Å². The minimum Gasteiger partial charge on any atom is -0.494 e. The number of halogens is 1. The Balaban J connectivity index is 3.21. The third-order valence-electron chi connectivity index (χ3n) is 3.21. The van der Waals surface area contributed by atoms with Crippen molar-refractivity contribution in [1.82, 2.24) is 0 Å². The molecule has 1 rings (SSSR count). The first-order chi connectivity index (χ1) is 8.00. The number of ketones is 1. The lowest BCUT2D eigenvalue weighted by atomic mass is 9.80. The van der Waals surface area contributed by atoms with Crippen LogP contribution in [0.25, 0.3) is 0 Å². The van der Waals surface area contributed by atoms with Gasteiger partial charge in [-0.15, -0.1) is 0 Å². The molecular formula is C13H18FNO2. The van der Waals surface area contributed by atoms with Gasteiger partial charge < -0.3 is 10.5 Å². The normalized spacial score (nSPS) is 14.2. The molecule has 1 atom stereocenters. The van der Waals surface area contributed by atoms with Crippen LogP contribution >= 0.6 is 0 Å². The van der Waals surface area contributed by atoms with Crippen LogP contribution in [-0.2, 0) is 0 Å². The Morgan fingerprint density at radius 1 is 1.53 bits per heavy atom. The molecule has 0 spiro atoms. The minimum absolute atomic E-state index is 0.0409. The van der Waals surface area contributed by atoms with Gasteiger partial charge in [-0.05, 0) is 18.6 Å². The summed E-state index contributed by atoms with van der Waals surface area (Å²) in [6, 6.07) is 4.54. The van der Waals surface area contributed by atoms with Gasteiger partial charge in [0.25, 0.3) is 0 Å². The number of hydrogen-bond acceptors (Lipinski definition) is 3. The van der Waals surface area contributed by atoms with Crippen molar-refractivity contribution in [2.45, 2.75) is 20.3 Å². The molecule has 0 saturated carbocycles. The molecule has 94 valence electrons. The number of ether oxygens (including phenoxy) is 1. The van der Waals surface area contributed by atoms with Crippen LogP contribution in [0.2, 0.25) is 0 Å². The SMILES string of the molecule is CCC(C)(CN)C(=O)c1cccc(OC)c1F. The maximum absolute atomic E-state index is 13.9. The Bertz CT molecular complexity index is 414. The van der Waals surface area contributed by atoms with E-state index < -0.39 is 11.2 Å². The topological polar surface area (TPSA) is 52.3 Å². The monoisotopic (exact) mass is 239 g/mol. The fourth-order valence-electron chi connectivity index (χ4n) is 1.57. The number of hydrogen-bond donors (Lipinski definition) is 1. The summed E-state index contributed by atoms with van der Waals surface area (Å²) in [5, 5.41) is 0. The Morgan fingerprint density at radius 3 is 2.65 bits per heavy atom. The van der Waals surface area contributed by atoms with Crippen LogP contribution < -0.4 is 10.5 Å². The zero-order chi connectivity index (χ0) is 13.1. The van der Waals surface area contributed by atoms with Gasteiger partial charge in [-0.25, -0.2) is 4.39 Å². The molecule has 0 amide bonds. The fraction of sp³-hybridized carbons (Fsp3) is 0.462. The van der Waals surface area contributed by atoms with Gasteiger partial charge in [0.15, 0.2) is 17.3 Å². The molecule has 1 aromatic rings. The van der Waals surface area contributed by atoms with Gasteiger partial charge in [-0.2, -0.15) is 0 Å². The van der Waals surface area contributed by atoms with Crippen LogP contribution in [0.15, 0.2) is 18.2 Å². The summed E-state index contributed by atoms with van der Waals surface area (Å²) < 4.78 is 18.8.